The van der Waals surface area contributed by atoms with Gasteiger partial charge in [0.25, 0.3) is 0 Å². The second-order valence-corrected chi connectivity index (χ2v) is 8.24. The molecule has 0 heterocycles. The van der Waals surface area contributed by atoms with Gasteiger partial charge in [0, 0.05) is 0 Å². The first-order chi connectivity index (χ1) is 12.1. The third-order valence-electron chi connectivity index (χ3n) is 4.09. The highest BCUT2D eigenvalue weighted by Gasteiger charge is 2.29. The average Bonchev–Trinajstić information content (AvgIpc) is 2.60. The molecule has 0 amide bonds. The number of phosphoric acid groups is 1. The van der Waals surface area contributed by atoms with Crippen molar-refractivity contribution in [2.24, 2.45) is 0 Å². The third-order valence-corrected chi connectivity index (χ3v) is 5.59. The van der Waals surface area contributed by atoms with E-state index in [9.17, 15) is 9.67 Å². The van der Waals surface area contributed by atoms with E-state index < -0.39 is 14.1 Å². The van der Waals surface area contributed by atoms with Crippen LogP contribution in [0.2, 0.25) is 0 Å². The van der Waals surface area contributed by atoms with Gasteiger partial charge in [-0.3, -0.25) is 13.6 Å². The molecule has 1 unspecified atom stereocenters. The van der Waals surface area contributed by atoms with Gasteiger partial charge in [-0.1, -0.05) is 85.0 Å². The normalized spacial score (nSPS) is 13.3. The first-order valence-corrected chi connectivity index (χ1v) is 11.8. The summed E-state index contributed by atoms with van der Waals surface area (Å²) in [6.07, 6.45) is 12.8. The lowest BCUT2D eigenvalue weighted by atomic mass is 10.1. The minimum Gasteiger partial charge on any atom is -0.367 e. The van der Waals surface area contributed by atoms with Gasteiger partial charge in [0.05, 0.1) is 13.2 Å². The van der Waals surface area contributed by atoms with Crippen molar-refractivity contribution < 1.29 is 23.2 Å². The Morgan fingerprint density at radius 1 is 0.720 bits per heavy atom. The van der Waals surface area contributed by atoms with Crippen LogP contribution in [-0.2, 0) is 18.1 Å². The fourth-order valence-corrected chi connectivity index (χ4v) is 3.79. The Morgan fingerprint density at radius 2 is 1.12 bits per heavy atom. The zero-order valence-corrected chi connectivity index (χ0v) is 17.6. The first kappa shape index (κ1) is 25.1. The molecule has 0 bridgehead atoms. The predicted molar refractivity (Wildman–Crippen MR) is 104 cm³/mol. The number of unbranched alkanes of at least 4 members (excludes halogenated alkanes) is 10. The Kier molecular flexibility index (Phi) is 17.5. The Morgan fingerprint density at radius 3 is 1.52 bits per heavy atom. The summed E-state index contributed by atoms with van der Waals surface area (Å²) >= 11 is 0. The monoisotopic (exact) mass is 380 g/mol. The van der Waals surface area contributed by atoms with Crippen LogP contribution in [0.5, 0.6) is 0 Å². The molecule has 1 N–H and O–H groups in total. The summed E-state index contributed by atoms with van der Waals surface area (Å²) in [5, 5.41) is 9.64. The van der Waals surface area contributed by atoms with Crippen molar-refractivity contribution >= 4 is 7.82 Å². The second kappa shape index (κ2) is 17.5. The lowest BCUT2D eigenvalue weighted by Crippen LogP contribution is -2.12. The van der Waals surface area contributed by atoms with Gasteiger partial charge in [0.15, 0.2) is 6.29 Å². The highest BCUT2D eigenvalue weighted by Crippen LogP contribution is 2.51. The molecule has 0 aliphatic heterocycles. The van der Waals surface area contributed by atoms with Gasteiger partial charge in [0.2, 0.25) is 0 Å². The van der Waals surface area contributed by atoms with E-state index >= 15 is 0 Å². The quantitative estimate of drug-likeness (QED) is 0.155. The number of hydrogen-bond donors (Lipinski definition) is 1. The van der Waals surface area contributed by atoms with E-state index in [1.165, 1.54) is 51.4 Å². The van der Waals surface area contributed by atoms with Gasteiger partial charge in [-0.2, -0.15) is 0 Å². The van der Waals surface area contributed by atoms with Gasteiger partial charge >= 0.3 is 7.82 Å². The number of rotatable bonds is 19. The maximum atomic E-state index is 12.6. The van der Waals surface area contributed by atoms with Crippen molar-refractivity contribution in [3.63, 3.8) is 0 Å². The molecule has 1 atom stereocenters. The lowest BCUT2D eigenvalue weighted by Gasteiger charge is -2.20. The Balaban J connectivity index is 4.01. The zero-order chi connectivity index (χ0) is 18.8. The molecule has 0 aromatic rings. The summed E-state index contributed by atoms with van der Waals surface area (Å²) < 4.78 is 28.6. The van der Waals surface area contributed by atoms with Crippen LogP contribution in [0.3, 0.4) is 0 Å². The molecule has 25 heavy (non-hydrogen) atoms. The summed E-state index contributed by atoms with van der Waals surface area (Å²) in [4.78, 5) is 0. The SMILES string of the molecule is CCCCCCCCOP(=O)(OCCCCCCCC)OC(O)CC. The van der Waals surface area contributed by atoms with Gasteiger partial charge < -0.3 is 5.11 Å². The molecule has 5 nitrogen and oxygen atoms in total. The summed E-state index contributed by atoms with van der Waals surface area (Å²) in [7, 11) is -3.66. The van der Waals surface area contributed by atoms with Crippen molar-refractivity contribution in [2.75, 3.05) is 13.2 Å². The highest BCUT2D eigenvalue weighted by atomic mass is 31.2. The summed E-state index contributed by atoms with van der Waals surface area (Å²) in [6.45, 7) is 6.83. The Hall–Kier alpha value is 0.0700. The number of aliphatic hydroxyl groups is 1. The van der Waals surface area contributed by atoms with Crippen LogP contribution in [0.4, 0.5) is 0 Å². The van der Waals surface area contributed by atoms with Crippen LogP contribution in [0.1, 0.15) is 104 Å². The van der Waals surface area contributed by atoms with Gasteiger partial charge in [-0.05, 0) is 19.3 Å². The summed E-state index contributed by atoms with van der Waals surface area (Å²) in [5.74, 6) is 0. The van der Waals surface area contributed by atoms with Crippen molar-refractivity contribution in [2.45, 2.75) is 111 Å². The zero-order valence-electron chi connectivity index (χ0n) is 16.7. The molecule has 0 aromatic carbocycles. The number of aliphatic hydroxyl groups excluding tert-OH is 1. The fourth-order valence-electron chi connectivity index (χ4n) is 2.44. The smallest absolute Gasteiger partial charge is 0.367 e. The molecule has 0 aliphatic rings. The van der Waals surface area contributed by atoms with Crippen molar-refractivity contribution in [1.29, 1.82) is 0 Å². The minimum atomic E-state index is -3.66. The van der Waals surface area contributed by atoms with Crippen LogP contribution in [-0.4, -0.2) is 24.6 Å². The van der Waals surface area contributed by atoms with Crippen molar-refractivity contribution in [3.8, 4) is 0 Å². The summed E-state index contributed by atoms with van der Waals surface area (Å²) in [6, 6.07) is 0. The maximum Gasteiger partial charge on any atom is 0.477 e. The molecule has 0 aliphatic carbocycles. The van der Waals surface area contributed by atoms with E-state index in [4.69, 9.17) is 13.6 Å². The van der Waals surface area contributed by atoms with E-state index in [1.54, 1.807) is 6.92 Å². The maximum absolute atomic E-state index is 12.6. The van der Waals surface area contributed by atoms with Gasteiger partial charge in [-0.25, -0.2) is 4.57 Å². The molecular weight excluding hydrogens is 339 g/mol. The van der Waals surface area contributed by atoms with Crippen LogP contribution in [0.25, 0.3) is 0 Å². The van der Waals surface area contributed by atoms with Gasteiger partial charge in [0.1, 0.15) is 0 Å². The molecule has 0 saturated carbocycles. The molecule has 0 radical (unpaired) electrons. The van der Waals surface area contributed by atoms with E-state index in [0.717, 1.165) is 25.7 Å². The van der Waals surface area contributed by atoms with E-state index in [-0.39, 0.29) is 0 Å². The van der Waals surface area contributed by atoms with E-state index in [0.29, 0.717) is 19.6 Å². The second-order valence-electron chi connectivity index (χ2n) is 6.62. The highest BCUT2D eigenvalue weighted by molar-refractivity contribution is 7.48. The van der Waals surface area contributed by atoms with E-state index in [1.807, 2.05) is 0 Å². The van der Waals surface area contributed by atoms with Crippen molar-refractivity contribution in [1.82, 2.24) is 0 Å². The molecule has 6 heteroatoms. The van der Waals surface area contributed by atoms with Crippen molar-refractivity contribution in [3.05, 3.63) is 0 Å². The Labute approximate surface area is 155 Å². The number of phosphoric ester groups is 1. The van der Waals surface area contributed by atoms with Crippen LogP contribution in [0, 0.1) is 0 Å². The molecule has 0 rings (SSSR count). The average molecular weight is 381 g/mol. The van der Waals surface area contributed by atoms with Crippen LogP contribution < -0.4 is 0 Å². The standard InChI is InChI=1S/C19H41O5P/c1-4-7-9-11-13-15-17-22-25(21,24-19(20)6-3)23-18-16-14-12-10-8-5-2/h19-20H,4-18H2,1-3H3. The third kappa shape index (κ3) is 16.0. The largest absolute Gasteiger partial charge is 0.477 e. The molecule has 0 spiro atoms. The van der Waals surface area contributed by atoms with E-state index in [2.05, 4.69) is 13.8 Å². The number of hydrogen-bond acceptors (Lipinski definition) is 5. The van der Waals surface area contributed by atoms with Gasteiger partial charge in [-0.15, -0.1) is 0 Å². The van der Waals surface area contributed by atoms with Crippen LogP contribution in [0.15, 0.2) is 0 Å². The molecule has 0 saturated heterocycles. The molecule has 0 aromatic heterocycles. The first-order valence-electron chi connectivity index (χ1n) is 10.3. The topological polar surface area (TPSA) is 65.0 Å². The lowest BCUT2D eigenvalue weighted by molar-refractivity contribution is -0.0502. The van der Waals surface area contributed by atoms with Crippen LogP contribution >= 0.6 is 7.82 Å². The minimum absolute atomic E-state index is 0.344. The predicted octanol–water partition coefficient (Wildman–Crippen LogP) is 6.59. The Bertz CT molecular complexity index is 303. The fraction of sp³-hybridized carbons (Fsp3) is 1.00. The summed E-state index contributed by atoms with van der Waals surface area (Å²) in [5.41, 5.74) is 0. The molecule has 152 valence electrons. The molecular formula is C19H41O5P. The molecule has 0 fully saturated rings.